The Balaban J connectivity index is 1.83. The predicted octanol–water partition coefficient (Wildman–Crippen LogP) is 3.73. The molecule has 2 aromatic rings. The number of benzene rings is 2. The molecule has 7 nitrogen and oxygen atoms in total. The summed E-state index contributed by atoms with van der Waals surface area (Å²) in [5, 5.41) is 14.3. The van der Waals surface area contributed by atoms with Gasteiger partial charge in [-0.2, -0.15) is 0 Å². The topological polar surface area (TPSA) is 92.6 Å². The van der Waals surface area contributed by atoms with Crippen LogP contribution >= 0.6 is 0 Å². The zero-order valence-electron chi connectivity index (χ0n) is 14.5. The lowest BCUT2D eigenvalue weighted by Gasteiger charge is -2.28. The molecule has 2 aromatic carbocycles. The summed E-state index contributed by atoms with van der Waals surface area (Å²) in [7, 11) is -3.50. The molecule has 0 bridgehead atoms. The van der Waals surface area contributed by atoms with Gasteiger partial charge in [-0.25, -0.2) is 8.42 Å². The predicted molar refractivity (Wildman–Crippen MR) is 102 cm³/mol. The second kappa shape index (κ2) is 7.33. The van der Waals surface area contributed by atoms with E-state index in [1.54, 1.807) is 0 Å². The standard InChI is InChI=1S/C18H21N3O4S/c1-26(24,25)16-9-10-17(18(13-16)21(22)23)19-14-5-7-15(8-6-14)20-11-3-2-4-12-20/h5-10,13,19H,2-4,11-12H2,1H3. The van der Waals surface area contributed by atoms with E-state index < -0.39 is 14.8 Å². The summed E-state index contributed by atoms with van der Waals surface area (Å²) < 4.78 is 23.2. The zero-order chi connectivity index (χ0) is 18.7. The van der Waals surface area contributed by atoms with E-state index in [-0.39, 0.29) is 16.3 Å². The number of nitrogens with zero attached hydrogens (tertiary/aromatic N) is 2. The molecule has 1 fully saturated rings. The van der Waals surface area contributed by atoms with Crippen LogP contribution in [0.5, 0.6) is 0 Å². The minimum absolute atomic E-state index is 0.0739. The Morgan fingerprint density at radius 3 is 2.27 bits per heavy atom. The molecule has 0 spiro atoms. The first-order chi connectivity index (χ1) is 12.3. The summed E-state index contributed by atoms with van der Waals surface area (Å²) in [6.07, 6.45) is 4.68. The number of hydrogen-bond donors (Lipinski definition) is 1. The lowest BCUT2D eigenvalue weighted by molar-refractivity contribution is -0.384. The number of sulfone groups is 1. The van der Waals surface area contributed by atoms with Crippen molar-refractivity contribution in [3.05, 3.63) is 52.6 Å². The van der Waals surface area contributed by atoms with E-state index in [9.17, 15) is 18.5 Å². The van der Waals surface area contributed by atoms with Crippen LogP contribution in [-0.4, -0.2) is 32.7 Å². The zero-order valence-corrected chi connectivity index (χ0v) is 15.3. The van der Waals surface area contributed by atoms with Gasteiger partial charge in [0, 0.05) is 36.8 Å². The minimum Gasteiger partial charge on any atom is -0.372 e. The number of anilines is 3. The fourth-order valence-electron chi connectivity index (χ4n) is 3.06. The number of hydrogen-bond acceptors (Lipinski definition) is 6. The Labute approximate surface area is 152 Å². The van der Waals surface area contributed by atoms with Crippen LogP contribution in [0.3, 0.4) is 0 Å². The first-order valence-corrected chi connectivity index (χ1v) is 10.3. The molecule has 1 N–H and O–H groups in total. The monoisotopic (exact) mass is 375 g/mol. The summed E-state index contributed by atoms with van der Waals surface area (Å²) in [4.78, 5) is 13.0. The maximum Gasteiger partial charge on any atom is 0.293 e. The van der Waals surface area contributed by atoms with E-state index in [1.165, 1.54) is 31.4 Å². The second-order valence-electron chi connectivity index (χ2n) is 6.43. The van der Waals surface area contributed by atoms with Gasteiger partial charge < -0.3 is 10.2 Å². The highest BCUT2D eigenvalue weighted by Gasteiger charge is 2.19. The van der Waals surface area contributed by atoms with Crippen molar-refractivity contribution in [2.45, 2.75) is 24.2 Å². The average Bonchev–Trinajstić information content (AvgIpc) is 2.62. The summed E-state index contributed by atoms with van der Waals surface area (Å²) >= 11 is 0. The first kappa shape index (κ1) is 18.2. The quantitative estimate of drug-likeness (QED) is 0.632. The number of nitro benzene ring substituents is 1. The third kappa shape index (κ3) is 4.13. The largest absolute Gasteiger partial charge is 0.372 e. The number of nitrogens with one attached hydrogen (secondary N) is 1. The van der Waals surface area contributed by atoms with Gasteiger partial charge in [-0.15, -0.1) is 0 Å². The van der Waals surface area contributed by atoms with Crippen molar-refractivity contribution in [2.75, 3.05) is 29.6 Å². The fraction of sp³-hybridized carbons (Fsp3) is 0.333. The van der Waals surface area contributed by atoms with Crippen molar-refractivity contribution < 1.29 is 13.3 Å². The minimum atomic E-state index is -3.50. The molecule has 0 amide bonds. The van der Waals surface area contributed by atoms with Gasteiger partial charge in [0.1, 0.15) is 5.69 Å². The van der Waals surface area contributed by atoms with E-state index >= 15 is 0 Å². The van der Waals surface area contributed by atoms with Gasteiger partial charge in [-0.3, -0.25) is 10.1 Å². The van der Waals surface area contributed by atoms with Crippen LogP contribution < -0.4 is 10.2 Å². The van der Waals surface area contributed by atoms with Crippen molar-refractivity contribution in [1.82, 2.24) is 0 Å². The molecule has 26 heavy (non-hydrogen) atoms. The molecule has 1 saturated heterocycles. The van der Waals surface area contributed by atoms with E-state index in [0.29, 0.717) is 5.69 Å². The maximum atomic E-state index is 11.6. The number of rotatable bonds is 5. The van der Waals surface area contributed by atoms with Gasteiger partial charge in [0.15, 0.2) is 9.84 Å². The average molecular weight is 375 g/mol. The van der Waals surface area contributed by atoms with Crippen LogP contribution in [0.15, 0.2) is 47.4 Å². The molecule has 0 radical (unpaired) electrons. The van der Waals surface area contributed by atoms with Crippen LogP contribution in [-0.2, 0) is 9.84 Å². The molecule has 0 aromatic heterocycles. The molecule has 3 rings (SSSR count). The molecular weight excluding hydrogens is 354 g/mol. The Kier molecular flexibility index (Phi) is 5.13. The molecule has 0 atom stereocenters. The Bertz CT molecular complexity index is 905. The van der Waals surface area contributed by atoms with Crippen LogP contribution in [0.25, 0.3) is 0 Å². The molecule has 0 aliphatic carbocycles. The second-order valence-corrected chi connectivity index (χ2v) is 8.44. The third-order valence-corrected chi connectivity index (χ3v) is 5.57. The number of nitro groups is 1. The highest BCUT2D eigenvalue weighted by molar-refractivity contribution is 7.90. The maximum absolute atomic E-state index is 11.6. The summed E-state index contributed by atoms with van der Waals surface area (Å²) in [6, 6.07) is 11.6. The van der Waals surface area contributed by atoms with Gasteiger partial charge in [0.2, 0.25) is 0 Å². The van der Waals surface area contributed by atoms with Crippen LogP contribution in [0, 0.1) is 10.1 Å². The van der Waals surface area contributed by atoms with Gasteiger partial charge >= 0.3 is 0 Å². The Hall–Kier alpha value is -2.61. The summed E-state index contributed by atoms with van der Waals surface area (Å²) in [5.41, 5.74) is 1.83. The first-order valence-electron chi connectivity index (χ1n) is 8.45. The molecule has 1 heterocycles. The highest BCUT2D eigenvalue weighted by atomic mass is 32.2. The molecule has 1 aliphatic rings. The van der Waals surface area contributed by atoms with Crippen molar-refractivity contribution in [3.8, 4) is 0 Å². The van der Waals surface area contributed by atoms with E-state index in [1.807, 2.05) is 24.3 Å². The summed E-state index contributed by atoms with van der Waals surface area (Å²) in [6.45, 7) is 2.09. The van der Waals surface area contributed by atoms with Crippen LogP contribution in [0.1, 0.15) is 19.3 Å². The van der Waals surface area contributed by atoms with Crippen molar-refractivity contribution in [2.24, 2.45) is 0 Å². The molecule has 8 heteroatoms. The molecular formula is C18H21N3O4S. The third-order valence-electron chi connectivity index (χ3n) is 4.46. The van der Waals surface area contributed by atoms with Crippen LogP contribution in [0.2, 0.25) is 0 Å². The van der Waals surface area contributed by atoms with Gasteiger partial charge in [0.05, 0.1) is 9.82 Å². The lowest BCUT2D eigenvalue weighted by atomic mass is 10.1. The Morgan fingerprint density at radius 1 is 1.04 bits per heavy atom. The fourth-order valence-corrected chi connectivity index (χ4v) is 3.70. The van der Waals surface area contributed by atoms with Crippen LogP contribution in [0.4, 0.5) is 22.7 Å². The van der Waals surface area contributed by atoms with Crippen molar-refractivity contribution in [3.63, 3.8) is 0 Å². The van der Waals surface area contributed by atoms with E-state index in [0.717, 1.165) is 31.1 Å². The van der Waals surface area contributed by atoms with Gasteiger partial charge in [-0.05, 0) is 55.7 Å². The molecule has 1 aliphatic heterocycles. The Morgan fingerprint density at radius 2 is 1.69 bits per heavy atom. The van der Waals surface area contributed by atoms with Gasteiger partial charge in [0.25, 0.3) is 5.69 Å². The van der Waals surface area contributed by atoms with E-state index in [4.69, 9.17) is 0 Å². The van der Waals surface area contributed by atoms with Crippen molar-refractivity contribution >= 4 is 32.6 Å². The SMILES string of the molecule is CS(=O)(=O)c1ccc(Nc2ccc(N3CCCCC3)cc2)c([N+](=O)[O-])c1. The number of piperidine rings is 1. The normalized spacial score (nSPS) is 14.9. The molecule has 138 valence electrons. The molecule has 0 saturated carbocycles. The molecule has 0 unspecified atom stereocenters. The van der Waals surface area contributed by atoms with Crippen molar-refractivity contribution in [1.29, 1.82) is 0 Å². The smallest absolute Gasteiger partial charge is 0.293 e. The van der Waals surface area contributed by atoms with Gasteiger partial charge in [-0.1, -0.05) is 0 Å². The highest BCUT2D eigenvalue weighted by Crippen LogP contribution is 2.31. The summed E-state index contributed by atoms with van der Waals surface area (Å²) in [5.74, 6) is 0. The lowest BCUT2D eigenvalue weighted by Crippen LogP contribution is -2.29. The van der Waals surface area contributed by atoms with E-state index in [2.05, 4.69) is 10.2 Å².